The molecule has 0 bridgehead atoms. The van der Waals surface area contributed by atoms with Crippen molar-refractivity contribution < 1.29 is 9.53 Å². The van der Waals surface area contributed by atoms with Crippen LogP contribution in [0.5, 0.6) is 0 Å². The summed E-state index contributed by atoms with van der Waals surface area (Å²) in [6.45, 7) is 9.57. The van der Waals surface area contributed by atoms with Gasteiger partial charge in [-0.3, -0.25) is 0 Å². The van der Waals surface area contributed by atoms with Gasteiger partial charge in [-0.2, -0.15) is 0 Å². The van der Waals surface area contributed by atoms with Gasteiger partial charge < -0.3 is 9.64 Å². The normalized spacial score (nSPS) is 11.4. The van der Waals surface area contributed by atoms with Gasteiger partial charge in [0, 0.05) is 19.0 Å². The summed E-state index contributed by atoms with van der Waals surface area (Å²) < 4.78 is 4.91. The number of thiazole rings is 1. The third-order valence-corrected chi connectivity index (χ3v) is 2.97. The minimum Gasteiger partial charge on any atom is -0.461 e. The molecule has 0 saturated carbocycles. The molecule has 1 rings (SSSR count). The Morgan fingerprint density at radius 2 is 2.18 bits per heavy atom. The van der Waals surface area contributed by atoms with E-state index in [-0.39, 0.29) is 11.4 Å². The third-order valence-electron chi connectivity index (χ3n) is 2.01. The van der Waals surface area contributed by atoms with Crippen molar-refractivity contribution in [1.82, 2.24) is 4.98 Å². The van der Waals surface area contributed by atoms with Crippen LogP contribution >= 0.6 is 11.3 Å². The van der Waals surface area contributed by atoms with Gasteiger partial charge in [-0.15, -0.1) is 11.3 Å². The average Bonchev–Trinajstić information content (AvgIpc) is 2.63. The van der Waals surface area contributed by atoms with Crippen molar-refractivity contribution in [1.29, 1.82) is 0 Å². The summed E-state index contributed by atoms with van der Waals surface area (Å²) in [6.07, 6.45) is 0. The summed E-state index contributed by atoms with van der Waals surface area (Å²) in [7, 11) is 1.99. The highest BCUT2D eigenvalue weighted by molar-refractivity contribution is 7.13. The van der Waals surface area contributed by atoms with Crippen molar-refractivity contribution in [3.8, 4) is 0 Å². The Bertz CT molecular complexity index is 382. The SMILES string of the molecule is CCOC(=O)c1csc(N(C)CC(C)(C)C)n1. The lowest BCUT2D eigenvalue weighted by atomic mass is 9.96. The molecule has 4 nitrogen and oxygen atoms in total. The smallest absolute Gasteiger partial charge is 0.357 e. The molecule has 0 radical (unpaired) electrons. The van der Waals surface area contributed by atoms with E-state index in [1.54, 1.807) is 12.3 Å². The number of hydrogen-bond acceptors (Lipinski definition) is 5. The van der Waals surface area contributed by atoms with E-state index in [1.165, 1.54) is 11.3 Å². The van der Waals surface area contributed by atoms with Crippen LogP contribution in [0.3, 0.4) is 0 Å². The van der Waals surface area contributed by atoms with Crippen LogP contribution in [0.25, 0.3) is 0 Å². The molecule has 0 saturated heterocycles. The fourth-order valence-corrected chi connectivity index (χ4v) is 2.28. The number of hydrogen-bond donors (Lipinski definition) is 0. The number of aromatic nitrogens is 1. The summed E-state index contributed by atoms with van der Waals surface area (Å²) in [6, 6.07) is 0. The number of anilines is 1. The highest BCUT2D eigenvalue weighted by atomic mass is 32.1. The lowest BCUT2D eigenvalue weighted by Crippen LogP contribution is -2.29. The number of esters is 1. The van der Waals surface area contributed by atoms with Gasteiger partial charge in [0.15, 0.2) is 10.8 Å². The first-order valence-electron chi connectivity index (χ1n) is 5.67. The number of carbonyl (C=O) groups is 1. The van der Waals surface area contributed by atoms with E-state index in [9.17, 15) is 4.79 Å². The highest BCUT2D eigenvalue weighted by Gasteiger charge is 2.18. The summed E-state index contributed by atoms with van der Waals surface area (Å²) in [5, 5.41) is 2.59. The van der Waals surface area contributed by atoms with Crippen molar-refractivity contribution in [3.63, 3.8) is 0 Å². The maximum atomic E-state index is 11.5. The largest absolute Gasteiger partial charge is 0.461 e. The van der Waals surface area contributed by atoms with Crippen LogP contribution in [0.2, 0.25) is 0 Å². The molecule has 0 aliphatic rings. The molecule has 0 aliphatic carbocycles. The van der Waals surface area contributed by atoms with Gasteiger partial charge in [-0.05, 0) is 12.3 Å². The maximum absolute atomic E-state index is 11.5. The Morgan fingerprint density at radius 1 is 1.53 bits per heavy atom. The van der Waals surface area contributed by atoms with Crippen LogP contribution < -0.4 is 4.90 Å². The number of nitrogens with zero attached hydrogens (tertiary/aromatic N) is 2. The van der Waals surface area contributed by atoms with Crippen LogP contribution in [0.15, 0.2) is 5.38 Å². The molecule has 0 atom stereocenters. The molecule has 0 aliphatic heterocycles. The lowest BCUT2D eigenvalue weighted by molar-refractivity contribution is 0.0520. The number of rotatable bonds is 4. The minimum absolute atomic E-state index is 0.199. The van der Waals surface area contributed by atoms with E-state index in [0.29, 0.717) is 12.3 Å². The van der Waals surface area contributed by atoms with Gasteiger partial charge in [0.1, 0.15) is 0 Å². The van der Waals surface area contributed by atoms with Crippen molar-refractivity contribution in [2.24, 2.45) is 5.41 Å². The first-order chi connectivity index (χ1) is 7.83. The quantitative estimate of drug-likeness (QED) is 0.777. The first-order valence-corrected chi connectivity index (χ1v) is 6.55. The average molecular weight is 256 g/mol. The van der Waals surface area contributed by atoms with E-state index in [1.807, 2.05) is 7.05 Å². The molecule has 1 aromatic heterocycles. The van der Waals surface area contributed by atoms with Gasteiger partial charge in [-0.1, -0.05) is 20.8 Å². The monoisotopic (exact) mass is 256 g/mol. The predicted molar refractivity (Wildman–Crippen MR) is 70.8 cm³/mol. The van der Waals surface area contributed by atoms with E-state index < -0.39 is 0 Å². The van der Waals surface area contributed by atoms with Crippen molar-refractivity contribution in [2.75, 3.05) is 25.1 Å². The van der Waals surface area contributed by atoms with Gasteiger partial charge in [0.2, 0.25) is 0 Å². The summed E-state index contributed by atoms with van der Waals surface area (Å²) in [5.41, 5.74) is 0.595. The van der Waals surface area contributed by atoms with Crippen LogP contribution in [-0.4, -0.2) is 31.2 Å². The summed E-state index contributed by atoms with van der Waals surface area (Å²) >= 11 is 1.47. The zero-order valence-corrected chi connectivity index (χ0v) is 11.9. The lowest BCUT2D eigenvalue weighted by Gasteiger charge is -2.25. The Labute approximate surface area is 107 Å². The molecule has 0 fully saturated rings. The van der Waals surface area contributed by atoms with Crippen LogP contribution in [0, 0.1) is 5.41 Å². The van der Waals surface area contributed by atoms with E-state index in [4.69, 9.17) is 4.74 Å². The standard InChI is InChI=1S/C12H20N2O2S/c1-6-16-10(15)9-7-17-11(13-9)14(5)8-12(2,3)4/h7H,6,8H2,1-5H3. The molecule has 0 unspecified atom stereocenters. The maximum Gasteiger partial charge on any atom is 0.357 e. The second-order valence-electron chi connectivity index (χ2n) is 5.15. The summed E-state index contributed by atoms with van der Waals surface area (Å²) in [5.74, 6) is -0.348. The van der Waals surface area contributed by atoms with Crippen LogP contribution in [0.4, 0.5) is 5.13 Å². The van der Waals surface area contributed by atoms with Gasteiger partial charge in [0.05, 0.1) is 6.61 Å². The molecule has 17 heavy (non-hydrogen) atoms. The first kappa shape index (κ1) is 14.0. The topological polar surface area (TPSA) is 42.4 Å². The van der Waals surface area contributed by atoms with Gasteiger partial charge in [-0.25, -0.2) is 9.78 Å². The van der Waals surface area contributed by atoms with Crippen LogP contribution in [-0.2, 0) is 4.74 Å². The van der Waals surface area contributed by atoms with E-state index in [0.717, 1.165) is 11.7 Å². The molecule has 0 amide bonds. The Morgan fingerprint density at radius 3 is 2.71 bits per heavy atom. The fourth-order valence-electron chi connectivity index (χ4n) is 1.52. The van der Waals surface area contributed by atoms with E-state index in [2.05, 4.69) is 30.7 Å². The minimum atomic E-state index is -0.348. The molecular formula is C12H20N2O2S. The van der Waals surface area contributed by atoms with Crippen molar-refractivity contribution in [2.45, 2.75) is 27.7 Å². The van der Waals surface area contributed by atoms with E-state index >= 15 is 0 Å². The number of ether oxygens (including phenoxy) is 1. The molecule has 96 valence electrons. The Kier molecular flexibility index (Phi) is 4.51. The predicted octanol–water partition coefficient (Wildman–Crippen LogP) is 2.80. The molecule has 0 aromatic carbocycles. The molecule has 1 heterocycles. The molecule has 5 heteroatoms. The van der Waals surface area contributed by atoms with Crippen molar-refractivity contribution >= 4 is 22.4 Å². The van der Waals surface area contributed by atoms with Gasteiger partial charge >= 0.3 is 5.97 Å². The Hall–Kier alpha value is -1.10. The highest BCUT2D eigenvalue weighted by Crippen LogP contribution is 2.23. The molecular weight excluding hydrogens is 236 g/mol. The third kappa shape index (κ3) is 4.34. The summed E-state index contributed by atoms with van der Waals surface area (Å²) in [4.78, 5) is 17.8. The number of carbonyl (C=O) groups excluding carboxylic acids is 1. The molecule has 1 aromatic rings. The van der Waals surface area contributed by atoms with Crippen LogP contribution in [0.1, 0.15) is 38.2 Å². The van der Waals surface area contributed by atoms with Crippen molar-refractivity contribution in [3.05, 3.63) is 11.1 Å². The zero-order chi connectivity index (χ0) is 13.1. The zero-order valence-electron chi connectivity index (χ0n) is 11.1. The van der Waals surface area contributed by atoms with Gasteiger partial charge in [0.25, 0.3) is 0 Å². The Balaban J connectivity index is 2.71. The second kappa shape index (κ2) is 5.49. The fraction of sp³-hybridized carbons (Fsp3) is 0.667. The molecule has 0 spiro atoms. The second-order valence-corrected chi connectivity index (χ2v) is 5.99. The molecule has 0 N–H and O–H groups in total.